The minimum absolute atomic E-state index is 0.386. The Morgan fingerprint density at radius 1 is 1.04 bits per heavy atom. The molecule has 1 aliphatic rings. The van der Waals surface area contributed by atoms with Gasteiger partial charge in [0.25, 0.3) is 0 Å². The summed E-state index contributed by atoms with van der Waals surface area (Å²) in [5, 5.41) is 5.27. The summed E-state index contributed by atoms with van der Waals surface area (Å²) >= 11 is 12.9. The molecule has 0 radical (unpaired) electrons. The van der Waals surface area contributed by atoms with Crippen molar-refractivity contribution in [1.82, 2.24) is 9.88 Å². The van der Waals surface area contributed by atoms with Crippen LogP contribution in [0.4, 0.5) is 5.82 Å². The van der Waals surface area contributed by atoms with Gasteiger partial charge >= 0.3 is 0 Å². The van der Waals surface area contributed by atoms with Crippen LogP contribution in [0.3, 0.4) is 0 Å². The van der Waals surface area contributed by atoms with Crippen molar-refractivity contribution < 1.29 is 9.47 Å². The fourth-order valence-electron chi connectivity index (χ4n) is 3.59. The van der Waals surface area contributed by atoms with Crippen molar-refractivity contribution in [2.24, 2.45) is 0 Å². The first kappa shape index (κ1) is 19.1. The van der Waals surface area contributed by atoms with E-state index >= 15 is 0 Å². The fraction of sp³-hybridized carbons (Fsp3) is 0.286. The molecule has 146 valence electrons. The summed E-state index contributed by atoms with van der Waals surface area (Å²) in [6, 6.07) is 9.90. The number of anilines is 1. The van der Waals surface area contributed by atoms with E-state index in [2.05, 4.69) is 17.3 Å². The standard InChI is InChI=1S/C21H21Cl2N3O2/c1-26-10-15-14-8-17(28-3)18(22)19(23)20(14)25-21(16(15)11-26)24-9-12-4-6-13(27-2)7-5-12/h4-8H,9-11H2,1-3H3,(H,24,25). The molecule has 1 aliphatic heterocycles. The molecule has 0 unspecified atom stereocenters. The van der Waals surface area contributed by atoms with Crippen LogP contribution < -0.4 is 14.8 Å². The Morgan fingerprint density at radius 3 is 2.43 bits per heavy atom. The van der Waals surface area contributed by atoms with Crippen LogP contribution in [0.1, 0.15) is 16.7 Å². The number of ether oxygens (including phenoxy) is 2. The van der Waals surface area contributed by atoms with E-state index in [0.717, 1.165) is 35.6 Å². The van der Waals surface area contributed by atoms with Crippen LogP contribution in [-0.4, -0.2) is 31.2 Å². The molecule has 7 heteroatoms. The van der Waals surface area contributed by atoms with Gasteiger partial charge in [0.1, 0.15) is 22.3 Å². The van der Waals surface area contributed by atoms with E-state index in [1.165, 1.54) is 11.1 Å². The first-order valence-electron chi connectivity index (χ1n) is 8.94. The van der Waals surface area contributed by atoms with Gasteiger partial charge in [-0.1, -0.05) is 35.3 Å². The maximum atomic E-state index is 6.54. The topological polar surface area (TPSA) is 46.6 Å². The highest BCUT2D eigenvalue weighted by atomic mass is 35.5. The molecule has 0 bridgehead atoms. The van der Waals surface area contributed by atoms with Crippen molar-refractivity contribution in [1.29, 1.82) is 0 Å². The molecule has 1 N–H and O–H groups in total. The summed E-state index contributed by atoms with van der Waals surface area (Å²) in [5.74, 6) is 2.24. The van der Waals surface area contributed by atoms with Crippen molar-refractivity contribution in [2.45, 2.75) is 19.6 Å². The van der Waals surface area contributed by atoms with E-state index in [0.29, 0.717) is 27.9 Å². The molecular formula is C21H21Cl2N3O2. The van der Waals surface area contributed by atoms with Crippen molar-refractivity contribution >= 4 is 39.9 Å². The van der Waals surface area contributed by atoms with Crippen LogP contribution in [0.25, 0.3) is 10.9 Å². The summed E-state index contributed by atoms with van der Waals surface area (Å²) in [7, 11) is 5.34. The number of nitrogens with zero attached hydrogens (tertiary/aromatic N) is 2. The number of nitrogens with one attached hydrogen (secondary N) is 1. The van der Waals surface area contributed by atoms with Gasteiger partial charge in [-0.05, 0) is 36.4 Å². The smallest absolute Gasteiger partial charge is 0.139 e. The van der Waals surface area contributed by atoms with Crippen molar-refractivity contribution in [2.75, 3.05) is 26.6 Å². The summed E-state index contributed by atoms with van der Waals surface area (Å²) < 4.78 is 10.6. The minimum Gasteiger partial charge on any atom is -0.497 e. The monoisotopic (exact) mass is 417 g/mol. The first-order chi connectivity index (χ1) is 13.5. The van der Waals surface area contributed by atoms with Crippen molar-refractivity contribution in [3.8, 4) is 11.5 Å². The van der Waals surface area contributed by atoms with E-state index in [-0.39, 0.29) is 0 Å². The Balaban J connectivity index is 1.75. The predicted molar refractivity (Wildman–Crippen MR) is 114 cm³/mol. The third-order valence-corrected chi connectivity index (χ3v) is 5.88. The lowest BCUT2D eigenvalue weighted by molar-refractivity contribution is 0.354. The molecule has 2 heterocycles. The summed E-state index contributed by atoms with van der Waals surface area (Å²) in [5.41, 5.74) is 4.23. The summed E-state index contributed by atoms with van der Waals surface area (Å²) in [4.78, 5) is 7.08. The molecule has 4 rings (SSSR count). The zero-order valence-electron chi connectivity index (χ0n) is 16.0. The maximum Gasteiger partial charge on any atom is 0.139 e. The molecule has 0 fully saturated rings. The van der Waals surface area contributed by atoms with Gasteiger partial charge in [-0.3, -0.25) is 4.90 Å². The third-order valence-electron chi connectivity index (χ3n) is 5.04. The average Bonchev–Trinajstić information content (AvgIpc) is 3.11. The van der Waals surface area contributed by atoms with E-state index < -0.39 is 0 Å². The second-order valence-corrected chi connectivity index (χ2v) is 7.65. The van der Waals surface area contributed by atoms with Gasteiger partial charge in [0, 0.05) is 30.6 Å². The Kier molecular flexibility index (Phi) is 5.23. The normalized spacial score (nSPS) is 13.6. The maximum absolute atomic E-state index is 6.54. The summed E-state index contributed by atoms with van der Waals surface area (Å²) in [6.45, 7) is 2.30. The minimum atomic E-state index is 0.386. The molecule has 0 atom stereocenters. The molecule has 0 spiro atoms. The Morgan fingerprint density at radius 2 is 1.75 bits per heavy atom. The highest BCUT2D eigenvalue weighted by Gasteiger charge is 2.25. The van der Waals surface area contributed by atoms with Crippen molar-refractivity contribution in [3.05, 3.63) is 57.1 Å². The molecule has 0 saturated carbocycles. The highest BCUT2D eigenvalue weighted by molar-refractivity contribution is 6.46. The van der Waals surface area contributed by atoms with Gasteiger partial charge in [0.2, 0.25) is 0 Å². The van der Waals surface area contributed by atoms with Gasteiger partial charge in [-0.15, -0.1) is 0 Å². The van der Waals surface area contributed by atoms with Crippen LogP contribution >= 0.6 is 23.2 Å². The van der Waals surface area contributed by atoms with Gasteiger partial charge in [-0.25, -0.2) is 4.98 Å². The molecule has 2 aromatic carbocycles. The lowest BCUT2D eigenvalue weighted by atomic mass is 10.0. The van der Waals surface area contributed by atoms with E-state index in [9.17, 15) is 0 Å². The molecule has 0 saturated heterocycles. The number of pyridine rings is 1. The fourth-order valence-corrected chi connectivity index (χ4v) is 4.05. The molecule has 28 heavy (non-hydrogen) atoms. The number of hydrogen-bond acceptors (Lipinski definition) is 5. The number of aromatic nitrogens is 1. The first-order valence-corrected chi connectivity index (χ1v) is 9.70. The Bertz CT molecular complexity index is 1040. The zero-order chi connectivity index (χ0) is 19.8. The average molecular weight is 418 g/mol. The number of rotatable bonds is 5. The van der Waals surface area contributed by atoms with Gasteiger partial charge < -0.3 is 14.8 Å². The lowest BCUT2D eigenvalue weighted by Crippen LogP contribution is -2.09. The van der Waals surface area contributed by atoms with Crippen LogP contribution in [0, 0.1) is 0 Å². The van der Waals surface area contributed by atoms with Gasteiger partial charge in [-0.2, -0.15) is 0 Å². The SMILES string of the molecule is COc1ccc(CNc2nc3c(Cl)c(Cl)c(OC)cc3c3c2CN(C)C3)cc1. The van der Waals surface area contributed by atoms with E-state index in [1.54, 1.807) is 14.2 Å². The van der Waals surface area contributed by atoms with Gasteiger partial charge in [0.15, 0.2) is 0 Å². The van der Waals surface area contributed by atoms with Crippen LogP contribution in [0.2, 0.25) is 10.0 Å². The number of methoxy groups -OCH3 is 2. The number of hydrogen-bond donors (Lipinski definition) is 1. The molecule has 0 amide bonds. The molecule has 1 aromatic heterocycles. The zero-order valence-corrected chi connectivity index (χ0v) is 17.5. The second-order valence-electron chi connectivity index (χ2n) is 6.89. The van der Waals surface area contributed by atoms with Crippen molar-refractivity contribution in [3.63, 3.8) is 0 Å². The summed E-state index contributed by atoms with van der Waals surface area (Å²) in [6.07, 6.45) is 0. The van der Waals surface area contributed by atoms with Crippen LogP contribution in [-0.2, 0) is 19.6 Å². The number of benzene rings is 2. The molecule has 3 aromatic rings. The quantitative estimate of drug-likeness (QED) is 0.624. The lowest BCUT2D eigenvalue weighted by Gasteiger charge is -2.15. The number of halogens is 2. The van der Waals surface area contributed by atoms with Crippen LogP contribution in [0.15, 0.2) is 30.3 Å². The van der Waals surface area contributed by atoms with E-state index in [4.69, 9.17) is 37.7 Å². The largest absolute Gasteiger partial charge is 0.497 e. The molecule has 5 nitrogen and oxygen atoms in total. The van der Waals surface area contributed by atoms with Crippen LogP contribution in [0.5, 0.6) is 11.5 Å². The second kappa shape index (κ2) is 7.66. The molecular weight excluding hydrogens is 397 g/mol. The third kappa shape index (κ3) is 3.34. The number of fused-ring (bicyclic) bond motifs is 3. The molecule has 0 aliphatic carbocycles. The van der Waals surface area contributed by atoms with Gasteiger partial charge in [0.05, 0.1) is 24.8 Å². The highest BCUT2D eigenvalue weighted by Crippen LogP contribution is 2.42. The predicted octanol–water partition coefficient (Wildman–Crippen LogP) is 5.12. The van der Waals surface area contributed by atoms with E-state index in [1.807, 2.05) is 30.3 Å². The Hall–Kier alpha value is -2.21. The Labute approximate surface area is 174 Å².